The predicted molar refractivity (Wildman–Crippen MR) is 75.7 cm³/mol. The average molecular weight is 226 g/mol. The fourth-order valence-electron chi connectivity index (χ4n) is 2.72. The van der Waals surface area contributed by atoms with Gasteiger partial charge >= 0.3 is 0 Å². The summed E-state index contributed by atoms with van der Waals surface area (Å²) in [6.07, 6.45) is 2.58. The van der Waals surface area contributed by atoms with E-state index in [0.29, 0.717) is 21.7 Å². The van der Waals surface area contributed by atoms with Crippen LogP contribution in [-0.4, -0.2) is 0 Å². The zero-order valence-corrected chi connectivity index (χ0v) is 13.4. The van der Waals surface area contributed by atoms with Crippen molar-refractivity contribution in [2.45, 2.75) is 82.1 Å². The Morgan fingerprint density at radius 1 is 0.625 bits per heavy atom. The lowest BCUT2D eigenvalue weighted by Crippen LogP contribution is -2.50. The molecule has 0 bridgehead atoms. The van der Waals surface area contributed by atoms with E-state index in [2.05, 4.69) is 69.2 Å². The molecule has 0 aromatic rings. The maximum absolute atomic E-state index is 2.45. The largest absolute Gasteiger partial charge is 0.0654 e. The Kier molecular flexibility index (Phi) is 4.35. The van der Waals surface area contributed by atoms with Crippen LogP contribution in [0.1, 0.15) is 82.1 Å². The van der Waals surface area contributed by atoms with Crippen LogP contribution in [0.2, 0.25) is 0 Å². The van der Waals surface area contributed by atoms with Crippen molar-refractivity contribution in [2.75, 3.05) is 0 Å². The van der Waals surface area contributed by atoms with E-state index in [9.17, 15) is 0 Å². The molecule has 0 amide bonds. The fraction of sp³-hybridized carbons (Fsp3) is 1.00. The lowest BCUT2D eigenvalue weighted by Gasteiger charge is -2.58. The van der Waals surface area contributed by atoms with Crippen LogP contribution in [0.25, 0.3) is 0 Å². The zero-order chi connectivity index (χ0) is 13.4. The molecule has 0 nitrogen and oxygen atoms in total. The van der Waals surface area contributed by atoms with Crippen molar-refractivity contribution in [3.05, 3.63) is 0 Å². The van der Waals surface area contributed by atoms with Crippen molar-refractivity contribution in [2.24, 2.45) is 21.7 Å². The molecule has 0 spiro atoms. The fourth-order valence-corrected chi connectivity index (χ4v) is 2.72. The van der Waals surface area contributed by atoms with Gasteiger partial charge in [0.25, 0.3) is 0 Å². The third kappa shape index (κ3) is 2.46. The van der Waals surface area contributed by atoms with E-state index >= 15 is 0 Å². The van der Waals surface area contributed by atoms with E-state index < -0.39 is 0 Å². The van der Waals surface area contributed by atoms with Gasteiger partial charge in [-0.2, -0.15) is 0 Å². The normalized spacial score (nSPS) is 15.4. The summed E-state index contributed by atoms with van der Waals surface area (Å²) >= 11 is 0. The van der Waals surface area contributed by atoms with Gasteiger partial charge in [-0.1, -0.05) is 75.7 Å². The molecule has 0 saturated carbocycles. The van der Waals surface area contributed by atoms with Crippen molar-refractivity contribution < 1.29 is 0 Å². The molecular formula is C16H34. The summed E-state index contributed by atoms with van der Waals surface area (Å²) < 4.78 is 0. The lowest BCUT2D eigenvalue weighted by atomic mass is 9.47. The summed E-state index contributed by atoms with van der Waals surface area (Å²) in [4.78, 5) is 0. The first-order chi connectivity index (χ1) is 6.81. The van der Waals surface area contributed by atoms with Gasteiger partial charge < -0.3 is 0 Å². The van der Waals surface area contributed by atoms with Crippen LogP contribution >= 0.6 is 0 Å². The zero-order valence-electron chi connectivity index (χ0n) is 13.4. The molecule has 0 saturated heterocycles. The molecule has 0 aliphatic heterocycles. The molecule has 0 radical (unpaired) electrons. The van der Waals surface area contributed by atoms with Gasteiger partial charge in [-0.25, -0.2) is 0 Å². The molecule has 16 heavy (non-hydrogen) atoms. The summed E-state index contributed by atoms with van der Waals surface area (Å²) in [6.45, 7) is 24.1. The summed E-state index contributed by atoms with van der Waals surface area (Å²) in [6, 6.07) is 0. The maximum atomic E-state index is 2.45. The van der Waals surface area contributed by atoms with Gasteiger partial charge in [0.05, 0.1) is 0 Å². The van der Waals surface area contributed by atoms with Crippen LogP contribution < -0.4 is 0 Å². The van der Waals surface area contributed by atoms with Crippen LogP contribution in [0.15, 0.2) is 0 Å². The molecule has 0 atom stereocenters. The van der Waals surface area contributed by atoms with Gasteiger partial charge in [-0.3, -0.25) is 0 Å². The number of hydrogen-bond acceptors (Lipinski definition) is 0. The van der Waals surface area contributed by atoms with Crippen LogP contribution in [0, 0.1) is 21.7 Å². The molecule has 0 aromatic heterocycles. The smallest absolute Gasteiger partial charge is 0.0247 e. The highest BCUT2D eigenvalue weighted by molar-refractivity contribution is 5.01. The SMILES string of the molecule is CCCC(C)(C)C(C)(C)C(C)(C)C(C)(C)C. The molecule has 0 N–H and O–H groups in total. The average Bonchev–Trinajstić information content (AvgIpc) is 2.01. The van der Waals surface area contributed by atoms with E-state index in [-0.39, 0.29) is 0 Å². The van der Waals surface area contributed by atoms with Crippen molar-refractivity contribution in [3.63, 3.8) is 0 Å². The first-order valence-corrected chi connectivity index (χ1v) is 6.81. The first kappa shape index (κ1) is 16.0. The van der Waals surface area contributed by atoms with Crippen molar-refractivity contribution in [1.82, 2.24) is 0 Å². The number of hydrogen-bond donors (Lipinski definition) is 0. The van der Waals surface area contributed by atoms with Crippen molar-refractivity contribution in [1.29, 1.82) is 0 Å². The van der Waals surface area contributed by atoms with Gasteiger partial charge in [0, 0.05) is 0 Å². The molecule has 0 heterocycles. The molecule has 0 fully saturated rings. The predicted octanol–water partition coefficient (Wildman–Crippen LogP) is 5.91. The van der Waals surface area contributed by atoms with Gasteiger partial charge in [-0.15, -0.1) is 0 Å². The minimum atomic E-state index is 0.318. The summed E-state index contributed by atoms with van der Waals surface area (Å²) in [5.41, 5.74) is 1.37. The van der Waals surface area contributed by atoms with Crippen molar-refractivity contribution in [3.8, 4) is 0 Å². The molecule has 0 aromatic carbocycles. The third-order valence-electron chi connectivity index (χ3n) is 6.00. The van der Waals surface area contributed by atoms with Crippen LogP contribution in [0.3, 0.4) is 0 Å². The topological polar surface area (TPSA) is 0 Å². The lowest BCUT2D eigenvalue weighted by molar-refractivity contribution is -0.0903. The Balaban J connectivity index is 5.34. The van der Waals surface area contributed by atoms with Gasteiger partial charge in [-0.05, 0) is 28.1 Å². The monoisotopic (exact) mass is 226 g/mol. The minimum absolute atomic E-state index is 0.318. The summed E-state index contributed by atoms with van der Waals surface area (Å²) in [5, 5.41) is 0. The Hall–Kier alpha value is 0. The molecule has 0 rings (SSSR count). The molecule has 0 aliphatic carbocycles. The second kappa shape index (κ2) is 4.35. The number of rotatable bonds is 4. The molecule has 0 heteroatoms. The highest BCUT2D eigenvalue weighted by Crippen LogP contribution is 2.59. The summed E-state index contributed by atoms with van der Waals surface area (Å²) in [5.74, 6) is 0. The first-order valence-electron chi connectivity index (χ1n) is 6.81. The third-order valence-corrected chi connectivity index (χ3v) is 6.00. The second-order valence-corrected chi connectivity index (χ2v) is 8.13. The van der Waals surface area contributed by atoms with Crippen molar-refractivity contribution >= 4 is 0 Å². The van der Waals surface area contributed by atoms with E-state index in [1.165, 1.54) is 12.8 Å². The second-order valence-electron chi connectivity index (χ2n) is 8.13. The van der Waals surface area contributed by atoms with Crippen LogP contribution in [-0.2, 0) is 0 Å². The quantitative estimate of drug-likeness (QED) is 0.559. The standard InChI is InChI=1S/C16H34/c1-11-12-14(5,6)16(9,10)15(7,8)13(2,3)4/h11-12H2,1-10H3. The van der Waals surface area contributed by atoms with Crippen LogP contribution in [0.4, 0.5) is 0 Å². The Bertz CT molecular complexity index is 223. The van der Waals surface area contributed by atoms with Gasteiger partial charge in [0.15, 0.2) is 0 Å². The molecule has 98 valence electrons. The maximum Gasteiger partial charge on any atom is -0.0247 e. The van der Waals surface area contributed by atoms with E-state index in [0.717, 1.165) is 0 Å². The highest BCUT2D eigenvalue weighted by Gasteiger charge is 2.52. The molecule has 0 unspecified atom stereocenters. The van der Waals surface area contributed by atoms with E-state index in [1.54, 1.807) is 0 Å². The summed E-state index contributed by atoms with van der Waals surface area (Å²) in [7, 11) is 0. The van der Waals surface area contributed by atoms with Crippen LogP contribution in [0.5, 0.6) is 0 Å². The van der Waals surface area contributed by atoms with Gasteiger partial charge in [0.1, 0.15) is 0 Å². The molecule has 0 aliphatic rings. The highest BCUT2D eigenvalue weighted by atomic mass is 14.6. The molecular weight excluding hydrogens is 192 g/mol. The Morgan fingerprint density at radius 2 is 1.00 bits per heavy atom. The van der Waals surface area contributed by atoms with Gasteiger partial charge in [0.2, 0.25) is 0 Å². The Morgan fingerprint density at radius 3 is 1.25 bits per heavy atom. The minimum Gasteiger partial charge on any atom is -0.0654 e. The Labute approximate surface area is 104 Å². The van der Waals surface area contributed by atoms with E-state index in [1.807, 2.05) is 0 Å². The van der Waals surface area contributed by atoms with E-state index in [4.69, 9.17) is 0 Å².